The van der Waals surface area contributed by atoms with Gasteiger partial charge in [0.05, 0.1) is 11.3 Å². The van der Waals surface area contributed by atoms with Gasteiger partial charge in [0.1, 0.15) is 0 Å². The molecule has 19 heavy (non-hydrogen) atoms. The van der Waals surface area contributed by atoms with Crippen LogP contribution in [0, 0.1) is 10.5 Å². The lowest BCUT2D eigenvalue weighted by Gasteiger charge is -2.09. The molecule has 0 aliphatic heterocycles. The lowest BCUT2D eigenvalue weighted by molar-refractivity contribution is 0.102. The standard InChI is InChI=1S/C13H9Cl2IN2O/c1-7-4-11(12(15)17-6-7)18-13(19)9-5-8(14)2-3-10(9)16/h2-6H,1H3,(H,18,19). The minimum Gasteiger partial charge on any atom is -0.319 e. The summed E-state index contributed by atoms with van der Waals surface area (Å²) in [6.07, 6.45) is 1.64. The lowest BCUT2D eigenvalue weighted by Crippen LogP contribution is -2.14. The second kappa shape index (κ2) is 6.07. The number of rotatable bonds is 2. The van der Waals surface area contributed by atoms with Crippen LogP contribution in [0.5, 0.6) is 0 Å². The average Bonchev–Trinajstić information content (AvgIpc) is 2.36. The van der Waals surface area contributed by atoms with Crippen molar-refractivity contribution in [1.82, 2.24) is 4.98 Å². The Labute approximate surface area is 134 Å². The van der Waals surface area contributed by atoms with Crippen molar-refractivity contribution in [3.8, 4) is 0 Å². The van der Waals surface area contributed by atoms with Crippen LogP contribution in [0.1, 0.15) is 15.9 Å². The van der Waals surface area contributed by atoms with Gasteiger partial charge in [0.15, 0.2) is 5.15 Å². The number of pyridine rings is 1. The summed E-state index contributed by atoms with van der Waals surface area (Å²) < 4.78 is 0.816. The molecule has 0 saturated heterocycles. The van der Waals surface area contributed by atoms with Gasteiger partial charge >= 0.3 is 0 Å². The van der Waals surface area contributed by atoms with Gasteiger partial charge in [0, 0.05) is 14.8 Å². The number of hydrogen-bond donors (Lipinski definition) is 1. The summed E-state index contributed by atoms with van der Waals surface area (Å²) in [5.74, 6) is -0.263. The monoisotopic (exact) mass is 406 g/mol. The van der Waals surface area contributed by atoms with Crippen molar-refractivity contribution in [3.63, 3.8) is 0 Å². The fourth-order valence-electron chi connectivity index (χ4n) is 1.50. The van der Waals surface area contributed by atoms with Gasteiger partial charge in [0.25, 0.3) is 5.91 Å². The zero-order valence-corrected chi connectivity index (χ0v) is 13.5. The van der Waals surface area contributed by atoms with Crippen LogP contribution in [0.4, 0.5) is 5.69 Å². The van der Waals surface area contributed by atoms with Crippen LogP contribution in [0.25, 0.3) is 0 Å². The molecule has 2 aromatic rings. The summed E-state index contributed by atoms with van der Waals surface area (Å²) in [5, 5.41) is 3.51. The Morgan fingerprint density at radius 3 is 2.79 bits per heavy atom. The highest BCUT2D eigenvalue weighted by Gasteiger charge is 2.13. The molecule has 0 aliphatic carbocycles. The highest BCUT2D eigenvalue weighted by Crippen LogP contribution is 2.23. The first-order chi connectivity index (χ1) is 8.97. The van der Waals surface area contributed by atoms with E-state index in [9.17, 15) is 4.79 Å². The van der Waals surface area contributed by atoms with E-state index in [1.807, 2.05) is 6.92 Å². The van der Waals surface area contributed by atoms with E-state index in [0.717, 1.165) is 9.13 Å². The maximum absolute atomic E-state index is 12.2. The Balaban J connectivity index is 2.30. The van der Waals surface area contributed by atoms with Gasteiger partial charge < -0.3 is 5.32 Å². The third-order valence-corrected chi connectivity index (χ3v) is 3.87. The van der Waals surface area contributed by atoms with E-state index in [4.69, 9.17) is 23.2 Å². The molecule has 0 radical (unpaired) electrons. The number of amides is 1. The van der Waals surface area contributed by atoms with Crippen molar-refractivity contribution in [3.05, 3.63) is 55.3 Å². The van der Waals surface area contributed by atoms with Crippen molar-refractivity contribution in [2.75, 3.05) is 5.32 Å². The number of nitrogens with one attached hydrogen (secondary N) is 1. The second-order valence-electron chi connectivity index (χ2n) is 3.93. The molecule has 1 aromatic carbocycles. The van der Waals surface area contributed by atoms with Gasteiger partial charge in [-0.15, -0.1) is 0 Å². The Morgan fingerprint density at radius 2 is 2.05 bits per heavy atom. The zero-order valence-electron chi connectivity index (χ0n) is 9.88. The predicted molar refractivity (Wildman–Crippen MR) is 86.1 cm³/mol. The minimum atomic E-state index is -0.263. The van der Waals surface area contributed by atoms with Crippen LogP contribution in [-0.2, 0) is 0 Å². The normalized spacial score (nSPS) is 10.3. The molecular weight excluding hydrogens is 398 g/mol. The number of carbonyl (C=O) groups excluding carboxylic acids is 1. The highest BCUT2D eigenvalue weighted by atomic mass is 127. The first-order valence-electron chi connectivity index (χ1n) is 5.36. The summed E-state index contributed by atoms with van der Waals surface area (Å²) in [6, 6.07) is 6.91. The molecule has 6 heteroatoms. The van der Waals surface area contributed by atoms with E-state index >= 15 is 0 Å². The van der Waals surface area contributed by atoms with Crippen molar-refractivity contribution >= 4 is 57.4 Å². The van der Waals surface area contributed by atoms with Gasteiger partial charge in [-0.3, -0.25) is 4.79 Å². The Morgan fingerprint density at radius 1 is 1.32 bits per heavy atom. The average molecular weight is 407 g/mol. The van der Waals surface area contributed by atoms with E-state index in [1.54, 1.807) is 30.5 Å². The molecule has 0 unspecified atom stereocenters. The maximum Gasteiger partial charge on any atom is 0.256 e. The van der Waals surface area contributed by atoms with Crippen LogP contribution in [0.15, 0.2) is 30.5 Å². The number of aryl methyl sites for hydroxylation is 1. The fourth-order valence-corrected chi connectivity index (χ4v) is 2.40. The Bertz CT molecular complexity index is 647. The zero-order chi connectivity index (χ0) is 14.0. The van der Waals surface area contributed by atoms with Crippen LogP contribution >= 0.6 is 45.8 Å². The number of carbonyl (C=O) groups is 1. The minimum absolute atomic E-state index is 0.260. The van der Waals surface area contributed by atoms with E-state index in [1.165, 1.54) is 0 Å². The number of hydrogen-bond acceptors (Lipinski definition) is 2. The Kier molecular flexibility index (Phi) is 4.65. The topological polar surface area (TPSA) is 42.0 Å². The quantitative estimate of drug-likeness (QED) is 0.587. The molecular formula is C13H9Cl2IN2O. The Hall–Kier alpha value is -0.850. The molecule has 2 rings (SSSR count). The number of halogens is 3. The van der Waals surface area contributed by atoms with Gasteiger partial charge in [-0.2, -0.15) is 0 Å². The van der Waals surface area contributed by atoms with Gasteiger partial charge in [-0.05, 0) is 59.3 Å². The molecule has 1 amide bonds. The lowest BCUT2D eigenvalue weighted by atomic mass is 10.2. The fraction of sp³-hybridized carbons (Fsp3) is 0.0769. The number of aromatic nitrogens is 1. The van der Waals surface area contributed by atoms with Crippen LogP contribution in [0.3, 0.4) is 0 Å². The van der Waals surface area contributed by atoms with E-state index in [-0.39, 0.29) is 11.1 Å². The SMILES string of the molecule is Cc1cnc(Cl)c(NC(=O)c2cc(Cl)ccc2I)c1. The van der Waals surface area contributed by atoms with Gasteiger partial charge in [-0.1, -0.05) is 23.2 Å². The summed E-state index contributed by atoms with van der Waals surface area (Å²) in [6.45, 7) is 1.88. The van der Waals surface area contributed by atoms with Crippen molar-refractivity contribution in [2.24, 2.45) is 0 Å². The van der Waals surface area contributed by atoms with Gasteiger partial charge in [0.2, 0.25) is 0 Å². The summed E-state index contributed by atoms with van der Waals surface area (Å²) in [4.78, 5) is 16.2. The van der Waals surface area contributed by atoms with E-state index < -0.39 is 0 Å². The van der Waals surface area contributed by atoms with E-state index in [2.05, 4.69) is 32.9 Å². The third-order valence-electron chi connectivity index (χ3n) is 2.40. The molecule has 98 valence electrons. The summed E-state index contributed by atoms with van der Waals surface area (Å²) >= 11 is 13.9. The van der Waals surface area contributed by atoms with E-state index in [0.29, 0.717) is 16.3 Å². The second-order valence-corrected chi connectivity index (χ2v) is 5.89. The molecule has 1 aromatic heterocycles. The first kappa shape index (κ1) is 14.6. The van der Waals surface area contributed by atoms with Crippen molar-refractivity contribution < 1.29 is 4.79 Å². The molecule has 0 fully saturated rings. The van der Waals surface area contributed by atoms with Gasteiger partial charge in [-0.25, -0.2) is 4.98 Å². The van der Waals surface area contributed by atoms with Crippen LogP contribution < -0.4 is 5.32 Å². The van der Waals surface area contributed by atoms with Crippen LogP contribution in [-0.4, -0.2) is 10.9 Å². The largest absolute Gasteiger partial charge is 0.319 e. The van der Waals surface area contributed by atoms with Crippen LogP contribution in [0.2, 0.25) is 10.2 Å². The van der Waals surface area contributed by atoms with Crippen molar-refractivity contribution in [1.29, 1.82) is 0 Å². The molecule has 0 atom stereocenters. The summed E-state index contributed by atoms with van der Waals surface area (Å²) in [5.41, 5.74) is 1.91. The van der Waals surface area contributed by atoms with Crippen molar-refractivity contribution in [2.45, 2.75) is 6.92 Å². The molecule has 0 spiro atoms. The maximum atomic E-state index is 12.2. The molecule has 0 saturated carbocycles. The molecule has 1 N–H and O–H groups in total. The smallest absolute Gasteiger partial charge is 0.256 e. The number of benzene rings is 1. The molecule has 3 nitrogen and oxygen atoms in total. The molecule has 1 heterocycles. The molecule has 0 aliphatic rings. The number of anilines is 1. The third kappa shape index (κ3) is 3.58. The highest BCUT2D eigenvalue weighted by molar-refractivity contribution is 14.1. The summed E-state index contributed by atoms with van der Waals surface area (Å²) in [7, 11) is 0. The first-order valence-corrected chi connectivity index (χ1v) is 7.19. The number of nitrogens with zero attached hydrogens (tertiary/aromatic N) is 1. The molecule has 0 bridgehead atoms. The predicted octanol–water partition coefficient (Wildman–Crippen LogP) is 4.55.